The van der Waals surface area contributed by atoms with Crippen LogP contribution in [0.15, 0.2) is 24.3 Å². The van der Waals surface area contributed by atoms with Gasteiger partial charge in [0.15, 0.2) is 0 Å². The Hall–Kier alpha value is -2.06. The topological polar surface area (TPSA) is 65.4 Å². The van der Waals surface area contributed by atoms with E-state index in [4.69, 9.17) is 10.00 Å². The van der Waals surface area contributed by atoms with Gasteiger partial charge in [-0.25, -0.2) is 0 Å². The Bertz CT molecular complexity index is 449. The lowest BCUT2D eigenvalue weighted by Crippen LogP contribution is -2.21. The van der Waals surface area contributed by atoms with Crippen molar-refractivity contribution in [1.29, 1.82) is 5.26 Å². The highest BCUT2D eigenvalue weighted by Gasteiger charge is 2.00. The van der Waals surface area contributed by atoms with E-state index in [1.54, 1.807) is 0 Å². The van der Waals surface area contributed by atoms with Gasteiger partial charge in [0.1, 0.15) is 12.2 Å². The maximum atomic E-state index is 11.2. The van der Waals surface area contributed by atoms with Crippen molar-refractivity contribution in [2.24, 2.45) is 0 Å². The van der Waals surface area contributed by atoms with Crippen molar-refractivity contribution in [3.05, 3.63) is 29.8 Å². The lowest BCUT2D eigenvalue weighted by molar-refractivity contribution is -0.120. The van der Waals surface area contributed by atoms with E-state index < -0.39 is 0 Å². The summed E-state index contributed by atoms with van der Waals surface area (Å²) in [6.45, 7) is 2.13. The van der Waals surface area contributed by atoms with Crippen LogP contribution in [-0.2, 0) is 11.3 Å². The van der Waals surface area contributed by atoms with Crippen molar-refractivity contribution in [3.63, 3.8) is 0 Å². The predicted molar refractivity (Wildman–Crippen MR) is 77.2 cm³/mol. The number of nitriles is 1. The Labute approximate surface area is 120 Å². The van der Waals surface area contributed by atoms with Gasteiger partial charge in [-0.15, -0.1) is 0 Å². The molecule has 1 aromatic rings. The van der Waals surface area contributed by atoms with Gasteiger partial charge in [0.25, 0.3) is 0 Å². The highest BCUT2D eigenvalue weighted by Crippen LogP contribution is 2.12. The molecule has 5 heteroatoms. The number of hydrogen-bond acceptors (Lipinski definition) is 4. The Morgan fingerprint density at radius 2 is 2.05 bits per heavy atom. The van der Waals surface area contributed by atoms with Crippen LogP contribution in [0.25, 0.3) is 0 Å². The van der Waals surface area contributed by atoms with Gasteiger partial charge in [-0.1, -0.05) is 12.1 Å². The number of carbonyl (C=O) groups excluding carboxylic acids is 1. The van der Waals surface area contributed by atoms with Gasteiger partial charge in [-0.3, -0.25) is 4.79 Å². The van der Waals surface area contributed by atoms with Crippen LogP contribution in [-0.4, -0.2) is 38.1 Å². The van der Waals surface area contributed by atoms with Gasteiger partial charge in [-0.2, -0.15) is 5.26 Å². The summed E-state index contributed by atoms with van der Waals surface area (Å²) in [7, 11) is 4.07. The minimum Gasteiger partial charge on any atom is -0.494 e. The van der Waals surface area contributed by atoms with Crippen LogP contribution in [0.5, 0.6) is 5.75 Å². The molecule has 0 aliphatic heterocycles. The SMILES string of the molecule is CN(C)CCCOc1ccc(CNC(=O)CC#N)cc1. The summed E-state index contributed by atoms with van der Waals surface area (Å²) < 4.78 is 5.62. The minimum atomic E-state index is -0.253. The Morgan fingerprint density at radius 1 is 1.35 bits per heavy atom. The highest BCUT2D eigenvalue weighted by atomic mass is 16.5. The summed E-state index contributed by atoms with van der Waals surface area (Å²) in [5.74, 6) is 0.576. The standard InChI is InChI=1S/C15H21N3O2/c1-18(2)10-3-11-20-14-6-4-13(5-7-14)12-17-15(19)8-9-16/h4-7H,3,8,10-12H2,1-2H3,(H,17,19). The third-order valence-electron chi connectivity index (χ3n) is 2.67. The summed E-state index contributed by atoms with van der Waals surface area (Å²) >= 11 is 0. The van der Waals surface area contributed by atoms with Gasteiger partial charge in [0.05, 0.1) is 12.7 Å². The number of nitrogens with one attached hydrogen (secondary N) is 1. The summed E-state index contributed by atoms with van der Waals surface area (Å²) in [6, 6.07) is 9.42. The first kappa shape index (κ1) is 16.0. The number of carbonyl (C=O) groups is 1. The second kappa shape index (κ2) is 8.94. The van der Waals surface area contributed by atoms with Gasteiger partial charge in [-0.05, 0) is 38.2 Å². The first-order valence-corrected chi connectivity index (χ1v) is 6.62. The number of benzene rings is 1. The molecule has 0 spiro atoms. The molecule has 0 saturated heterocycles. The molecule has 1 aromatic carbocycles. The number of amides is 1. The van der Waals surface area contributed by atoms with Crippen molar-refractivity contribution in [2.75, 3.05) is 27.2 Å². The number of hydrogen-bond donors (Lipinski definition) is 1. The fraction of sp³-hybridized carbons (Fsp3) is 0.467. The Balaban J connectivity index is 2.29. The Morgan fingerprint density at radius 3 is 2.65 bits per heavy atom. The van der Waals surface area contributed by atoms with Crippen LogP contribution >= 0.6 is 0 Å². The van der Waals surface area contributed by atoms with E-state index in [2.05, 4.69) is 10.2 Å². The van der Waals surface area contributed by atoms with E-state index in [9.17, 15) is 4.79 Å². The maximum Gasteiger partial charge on any atom is 0.234 e. The largest absolute Gasteiger partial charge is 0.494 e. The maximum absolute atomic E-state index is 11.2. The van der Waals surface area contributed by atoms with Crippen molar-refractivity contribution in [2.45, 2.75) is 19.4 Å². The van der Waals surface area contributed by atoms with Crippen LogP contribution in [0.3, 0.4) is 0 Å². The summed E-state index contributed by atoms with van der Waals surface area (Å²) in [6.07, 6.45) is 0.881. The van der Waals surface area contributed by atoms with Crippen molar-refractivity contribution >= 4 is 5.91 Å². The van der Waals surface area contributed by atoms with Crippen molar-refractivity contribution in [1.82, 2.24) is 10.2 Å². The normalized spacial score (nSPS) is 10.1. The molecule has 0 aliphatic rings. The first-order chi connectivity index (χ1) is 9.61. The fourth-order valence-corrected chi connectivity index (χ4v) is 1.61. The molecule has 0 aliphatic carbocycles. The van der Waals surface area contributed by atoms with Gasteiger partial charge in [0, 0.05) is 13.1 Å². The third kappa shape index (κ3) is 6.76. The molecule has 1 rings (SSSR count). The molecule has 0 heterocycles. The number of rotatable bonds is 8. The van der Waals surface area contributed by atoms with Crippen LogP contribution < -0.4 is 10.1 Å². The minimum absolute atomic E-state index is 0.104. The molecule has 0 unspecified atom stereocenters. The van der Waals surface area contributed by atoms with E-state index in [-0.39, 0.29) is 12.3 Å². The molecule has 108 valence electrons. The third-order valence-corrected chi connectivity index (χ3v) is 2.67. The van der Waals surface area contributed by atoms with E-state index >= 15 is 0 Å². The second-order valence-electron chi connectivity index (χ2n) is 4.76. The van der Waals surface area contributed by atoms with Gasteiger partial charge in [0.2, 0.25) is 5.91 Å². The van der Waals surface area contributed by atoms with Crippen molar-refractivity contribution in [3.8, 4) is 11.8 Å². The molecule has 20 heavy (non-hydrogen) atoms. The van der Waals surface area contributed by atoms with Gasteiger partial charge >= 0.3 is 0 Å². The highest BCUT2D eigenvalue weighted by molar-refractivity contribution is 5.77. The van der Waals surface area contributed by atoms with Crippen LogP contribution in [0.2, 0.25) is 0 Å². The monoisotopic (exact) mass is 275 g/mol. The fourth-order valence-electron chi connectivity index (χ4n) is 1.61. The molecule has 5 nitrogen and oxygen atoms in total. The summed E-state index contributed by atoms with van der Waals surface area (Å²) in [5, 5.41) is 11.1. The molecule has 0 aromatic heterocycles. The molecule has 1 N–H and O–H groups in total. The lowest BCUT2D eigenvalue weighted by atomic mass is 10.2. The zero-order valence-electron chi connectivity index (χ0n) is 12.1. The zero-order valence-corrected chi connectivity index (χ0v) is 12.1. The van der Waals surface area contributed by atoms with E-state index in [1.807, 2.05) is 44.4 Å². The average molecular weight is 275 g/mol. The molecule has 0 bridgehead atoms. The molecular formula is C15H21N3O2. The number of ether oxygens (including phenoxy) is 1. The summed E-state index contributed by atoms with van der Waals surface area (Å²) in [4.78, 5) is 13.3. The summed E-state index contributed by atoms with van der Waals surface area (Å²) in [5.41, 5.74) is 0.983. The quantitative estimate of drug-likeness (QED) is 0.731. The number of nitrogens with zero attached hydrogens (tertiary/aromatic N) is 2. The molecule has 0 atom stereocenters. The van der Waals surface area contributed by atoms with E-state index in [0.29, 0.717) is 13.2 Å². The van der Waals surface area contributed by atoms with Crippen molar-refractivity contribution < 1.29 is 9.53 Å². The Kier molecular flexibility index (Phi) is 7.15. The molecular weight excluding hydrogens is 254 g/mol. The zero-order chi connectivity index (χ0) is 14.8. The van der Waals surface area contributed by atoms with Crippen LogP contribution in [0, 0.1) is 11.3 Å². The van der Waals surface area contributed by atoms with Gasteiger partial charge < -0.3 is 15.0 Å². The smallest absolute Gasteiger partial charge is 0.234 e. The molecule has 1 amide bonds. The molecule has 0 radical (unpaired) electrons. The second-order valence-corrected chi connectivity index (χ2v) is 4.76. The van der Waals surface area contributed by atoms with Crippen LogP contribution in [0.1, 0.15) is 18.4 Å². The molecule has 0 saturated carbocycles. The first-order valence-electron chi connectivity index (χ1n) is 6.62. The predicted octanol–water partition coefficient (Wildman–Crippen LogP) is 1.55. The lowest BCUT2D eigenvalue weighted by Gasteiger charge is -2.10. The van der Waals surface area contributed by atoms with E-state index in [0.717, 1.165) is 24.3 Å². The average Bonchev–Trinajstić information content (AvgIpc) is 2.43. The van der Waals surface area contributed by atoms with Crippen LogP contribution in [0.4, 0.5) is 0 Å². The molecule has 0 fully saturated rings. The van der Waals surface area contributed by atoms with E-state index in [1.165, 1.54) is 0 Å².